The third-order valence-electron chi connectivity index (χ3n) is 1.81. The van der Waals surface area contributed by atoms with Crippen LogP contribution in [0.1, 0.15) is 0 Å². The van der Waals surface area contributed by atoms with Crippen molar-refractivity contribution in [2.24, 2.45) is 0 Å². The molecule has 8 nitrogen and oxygen atoms in total. The van der Waals surface area contributed by atoms with E-state index < -0.39 is 5.97 Å². The van der Waals surface area contributed by atoms with Crippen molar-refractivity contribution in [2.45, 2.75) is 16.7 Å². The fourth-order valence-corrected chi connectivity index (χ4v) is 1.80. The molecule has 2 rings (SSSR count). The molecule has 0 N–H and O–H groups in total. The topological polar surface area (TPSA) is 95.7 Å². The summed E-state index contributed by atoms with van der Waals surface area (Å²) in [6, 6.07) is 3.28. The summed E-state index contributed by atoms with van der Waals surface area (Å²) in [5.41, 5.74) is 0. The zero-order valence-electron chi connectivity index (χ0n) is 9.15. The largest absolute Gasteiger partial charge is 0.468 e. The molecule has 0 fully saturated rings. The van der Waals surface area contributed by atoms with Crippen molar-refractivity contribution in [3.63, 3.8) is 0 Å². The second-order valence-corrected chi connectivity index (χ2v) is 4.37. The van der Waals surface area contributed by atoms with E-state index in [0.29, 0.717) is 15.3 Å². The molecule has 0 amide bonds. The van der Waals surface area contributed by atoms with E-state index in [1.165, 1.54) is 23.6 Å². The van der Waals surface area contributed by atoms with Gasteiger partial charge in [0.2, 0.25) is 5.16 Å². The van der Waals surface area contributed by atoms with E-state index in [2.05, 4.69) is 30.5 Å². The van der Waals surface area contributed by atoms with Crippen molar-refractivity contribution in [2.75, 3.05) is 7.11 Å². The molecule has 10 heteroatoms. The molecule has 0 bridgehead atoms. The number of rotatable bonds is 4. The van der Waals surface area contributed by atoms with Gasteiger partial charge in [0, 0.05) is 0 Å². The normalized spacial score (nSPS) is 10.3. The Morgan fingerprint density at radius 3 is 2.94 bits per heavy atom. The standard InChI is InChI=1S/C8H7ClN6O2S/c1-17-7(16)4-15-8(12-13-14-15)18-6-3-2-5(9)10-11-6/h2-3H,4H2,1H3. The Hall–Kier alpha value is -1.74. The zero-order valence-corrected chi connectivity index (χ0v) is 10.7. The number of methoxy groups -OCH3 is 1. The maximum atomic E-state index is 11.1. The first kappa shape index (κ1) is 12.7. The SMILES string of the molecule is COC(=O)Cn1nnnc1Sc1ccc(Cl)nn1. The van der Waals surface area contributed by atoms with Crippen LogP contribution in [0.25, 0.3) is 0 Å². The highest BCUT2D eigenvalue weighted by Crippen LogP contribution is 2.22. The van der Waals surface area contributed by atoms with Gasteiger partial charge in [0.05, 0.1) is 7.11 Å². The average molecular weight is 287 g/mol. The van der Waals surface area contributed by atoms with Gasteiger partial charge in [0.25, 0.3) is 0 Å². The van der Waals surface area contributed by atoms with E-state index in [1.54, 1.807) is 12.1 Å². The van der Waals surface area contributed by atoms with Gasteiger partial charge in [-0.2, -0.15) is 0 Å². The highest BCUT2D eigenvalue weighted by atomic mass is 35.5. The minimum absolute atomic E-state index is 0.0626. The molecule has 2 aromatic rings. The van der Waals surface area contributed by atoms with Gasteiger partial charge >= 0.3 is 5.97 Å². The van der Waals surface area contributed by atoms with E-state index in [0.717, 1.165) is 0 Å². The van der Waals surface area contributed by atoms with Crippen LogP contribution in [0.3, 0.4) is 0 Å². The van der Waals surface area contributed by atoms with Crippen molar-refractivity contribution in [3.05, 3.63) is 17.3 Å². The number of ether oxygens (including phenoxy) is 1. The summed E-state index contributed by atoms with van der Waals surface area (Å²) >= 11 is 6.79. The third kappa shape index (κ3) is 3.14. The van der Waals surface area contributed by atoms with Gasteiger partial charge in [0.1, 0.15) is 11.6 Å². The highest BCUT2D eigenvalue weighted by molar-refractivity contribution is 7.99. The number of aromatic nitrogens is 6. The second-order valence-electron chi connectivity index (χ2n) is 2.99. The van der Waals surface area contributed by atoms with Crippen LogP contribution in [0.15, 0.2) is 22.3 Å². The van der Waals surface area contributed by atoms with Crippen LogP contribution in [-0.2, 0) is 16.1 Å². The van der Waals surface area contributed by atoms with Gasteiger partial charge in [-0.3, -0.25) is 4.79 Å². The van der Waals surface area contributed by atoms with E-state index in [1.807, 2.05) is 0 Å². The van der Waals surface area contributed by atoms with Crippen LogP contribution >= 0.6 is 23.4 Å². The number of carbonyl (C=O) groups excluding carboxylic acids is 1. The lowest BCUT2D eigenvalue weighted by atomic mass is 10.6. The molecule has 0 aliphatic carbocycles. The third-order valence-corrected chi connectivity index (χ3v) is 2.91. The summed E-state index contributed by atoms with van der Waals surface area (Å²) in [5, 5.41) is 19.8. The lowest BCUT2D eigenvalue weighted by Gasteiger charge is -2.01. The molecule has 0 atom stereocenters. The summed E-state index contributed by atoms with van der Waals surface area (Å²) < 4.78 is 5.85. The molecule has 0 radical (unpaired) electrons. The average Bonchev–Trinajstić information content (AvgIpc) is 2.79. The molecule has 0 aliphatic rings. The van der Waals surface area contributed by atoms with Crippen LogP contribution in [0.5, 0.6) is 0 Å². The van der Waals surface area contributed by atoms with Crippen molar-refractivity contribution < 1.29 is 9.53 Å². The minimum atomic E-state index is -0.439. The Balaban J connectivity index is 2.12. The number of esters is 1. The first-order valence-electron chi connectivity index (χ1n) is 4.69. The quantitative estimate of drug-likeness (QED) is 0.747. The molecule has 2 aromatic heterocycles. The van der Waals surface area contributed by atoms with Gasteiger partial charge < -0.3 is 4.74 Å². The number of halogens is 1. The van der Waals surface area contributed by atoms with Gasteiger partial charge in [-0.05, 0) is 34.3 Å². The van der Waals surface area contributed by atoms with Crippen molar-refractivity contribution >= 4 is 29.3 Å². The van der Waals surface area contributed by atoms with Crippen LogP contribution in [0.4, 0.5) is 0 Å². The molecule has 0 saturated carbocycles. The predicted octanol–water partition coefficient (Wildman–Crippen LogP) is 0.441. The van der Waals surface area contributed by atoms with Crippen molar-refractivity contribution in [3.8, 4) is 0 Å². The van der Waals surface area contributed by atoms with Gasteiger partial charge in [0.15, 0.2) is 5.15 Å². The van der Waals surface area contributed by atoms with E-state index in [4.69, 9.17) is 11.6 Å². The lowest BCUT2D eigenvalue weighted by Crippen LogP contribution is -2.13. The Kier molecular flexibility index (Phi) is 4.05. The molecule has 0 saturated heterocycles. The first-order chi connectivity index (χ1) is 8.69. The summed E-state index contributed by atoms with van der Waals surface area (Å²) in [6.45, 7) is -0.0626. The van der Waals surface area contributed by atoms with E-state index >= 15 is 0 Å². The Morgan fingerprint density at radius 2 is 2.28 bits per heavy atom. The maximum absolute atomic E-state index is 11.1. The summed E-state index contributed by atoms with van der Waals surface area (Å²) in [4.78, 5) is 11.1. The lowest BCUT2D eigenvalue weighted by molar-refractivity contribution is -0.141. The fraction of sp³-hybridized carbons (Fsp3) is 0.250. The predicted molar refractivity (Wildman–Crippen MR) is 61.0 cm³/mol. The Bertz CT molecular complexity index is 545. The molecule has 2 heterocycles. The van der Waals surface area contributed by atoms with Crippen LogP contribution in [-0.4, -0.2) is 43.5 Å². The van der Waals surface area contributed by atoms with Crippen LogP contribution in [0, 0.1) is 0 Å². The molecule has 0 aromatic carbocycles. The smallest absolute Gasteiger partial charge is 0.327 e. The minimum Gasteiger partial charge on any atom is -0.468 e. The first-order valence-corrected chi connectivity index (χ1v) is 5.88. The second kappa shape index (κ2) is 5.74. The number of hydrogen-bond acceptors (Lipinski definition) is 8. The molecule has 18 heavy (non-hydrogen) atoms. The molecule has 0 aliphatic heterocycles. The molecule has 94 valence electrons. The van der Waals surface area contributed by atoms with Gasteiger partial charge in [-0.25, -0.2) is 4.68 Å². The summed E-state index contributed by atoms with van der Waals surface area (Å²) in [6.07, 6.45) is 0. The summed E-state index contributed by atoms with van der Waals surface area (Å²) in [7, 11) is 1.30. The van der Waals surface area contributed by atoms with Gasteiger partial charge in [-0.15, -0.1) is 15.3 Å². The highest BCUT2D eigenvalue weighted by Gasteiger charge is 2.12. The van der Waals surface area contributed by atoms with E-state index in [-0.39, 0.29) is 6.54 Å². The molecular weight excluding hydrogens is 280 g/mol. The Morgan fingerprint density at radius 1 is 1.44 bits per heavy atom. The number of hydrogen-bond donors (Lipinski definition) is 0. The van der Waals surface area contributed by atoms with Crippen molar-refractivity contribution in [1.82, 2.24) is 30.4 Å². The monoisotopic (exact) mass is 286 g/mol. The maximum Gasteiger partial charge on any atom is 0.327 e. The Labute approximate surface area is 111 Å². The number of nitrogens with zero attached hydrogens (tertiary/aromatic N) is 6. The van der Waals surface area contributed by atoms with Gasteiger partial charge in [-0.1, -0.05) is 11.6 Å². The van der Waals surface area contributed by atoms with Crippen LogP contribution < -0.4 is 0 Å². The fourth-order valence-electron chi connectivity index (χ4n) is 1.01. The number of carbonyl (C=O) groups is 1. The molecular formula is C8H7ClN6O2S. The van der Waals surface area contributed by atoms with Crippen molar-refractivity contribution in [1.29, 1.82) is 0 Å². The summed E-state index contributed by atoms with van der Waals surface area (Å²) in [5.74, 6) is -0.439. The number of tetrazole rings is 1. The molecule has 0 unspecified atom stereocenters. The molecule has 0 spiro atoms. The zero-order chi connectivity index (χ0) is 13.0. The van der Waals surface area contributed by atoms with E-state index in [9.17, 15) is 4.79 Å². The van der Waals surface area contributed by atoms with Crippen LogP contribution in [0.2, 0.25) is 5.15 Å².